The smallest absolute Gasteiger partial charge is 0.258 e. The van der Waals surface area contributed by atoms with Crippen molar-refractivity contribution in [3.63, 3.8) is 0 Å². The van der Waals surface area contributed by atoms with E-state index in [1.807, 2.05) is 55.3 Å². The normalized spacial score (nSPS) is 14.9. The first-order valence-corrected chi connectivity index (χ1v) is 9.52. The summed E-state index contributed by atoms with van der Waals surface area (Å²) in [5.41, 5.74) is 5.32. The van der Waals surface area contributed by atoms with Gasteiger partial charge in [-0.2, -0.15) is 5.10 Å². The summed E-state index contributed by atoms with van der Waals surface area (Å²) < 4.78 is 3.44. The van der Waals surface area contributed by atoms with Crippen molar-refractivity contribution in [3.8, 4) is 11.3 Å². The van der Waals surface area contributed by atoms with Gasteiger partial charge in [-0.25, -0.2) is 4.98 Å². The molecule has 0 radical (unpaired) electrons. The largest absolute Gasteiger partial charge is 0.368 e. The van der Waals surface area contributed by atoms with Crippen LogP contribution in [-0.4, -0.2) is 45.3 Å². The fourth-order valence-electron chi connectivity index (χ4n) is 3.93. The van der Waals surface area contributed by atoms with Crippen LogP contribution in [0.5, 0.6) is 0 Å². The van der Waals surface area contributed by atoms with Crippen LogP contribution >= 0.6 is 0 Å². The quantitative estimate of drug-likeness (QED) is 0.581. The molecule has 0 atom stereocenters. The Morgan fingerprint density at radius 3 is 2.71 bits per heavy atom. The zero-order valence-corrected chi connectivity index (χ0v) is 16.0. The van der Waals surface area contributed by atoms with Gasteiger partial charge in [-0.05, 0) is 36.8 Å². The number of benzene rings is 1. The van der Waals surface area contributed by atoms with E-state index < -0.39 is 0 Å². The van der Waals surface area contributed by atoms with Crippen molar-refractivity contribution in [3.05, 3.63) is 58.6 Å². The minimum atomic E-state index is -0.0686. The number of nitrogens with one attached hydrogen (secondary N) is 1. The third-order valence-electron chi connectivity index (χ3n) is 5.34. The molecule has 1 aromatic carbocycles. The Kier molecular flexibility index (Phi) is 3.91. The molecule has 4 aromatic rings. The van der Waals surface area contributed by atoms with Crippen molar-refractivity contribution >= 4 is 22.2 Å². The molecular weight excluding hydrogens is 352 g/mol. The highest BCUT2D eigenvalue weighted by atomic mass is 16.1. The van der Waals surface area contributed by atoms with E-state index in [0.29, 0.717) is 11.3 Å². The van der Waals surface area contributed by atoms with Crippen molar-refractivity contribution in [2.24, 2.45) is 7.05 Å². The van der Waals surface area contributed by atoms with Crippen LogP contribution in [0, 0.1) is 6.92 Å². The lowest BCUT2D eigenvalue weighted by atomic mass is 10.1. The summed E-state index contributed by atoms with van der Waals surface area (Å²) in [7, 11) is 1.91. The molecule has 5 rings (SSSR count). The SMILES string of the molecule is Cc1cc(-c2cc(=O)n3cc(N4CCNCC4)ccc3n2)cc2cn(C)nc12. The lowest BCUT2D eigenvalue weighted by Crippen LogP contribution is -2.43. The van der Waals surface area contributed by atoms with Gasteiger partial charge in [-0.15, -0.1) is 0 Å². The zero-order valence-electron chi connectivity index (χ0n) is 16.0. The van der Waals surface area contributed by atoms with Gasteiger partial charge >= 0.3 is 0 Å². The summed E-state index contributed by atoms with van der Waals surface area (Å²) in [6.07, 6.45) is 3.88. The Labute approximate surface area is 162 Å². The fraction of sp³-hybridized carbons (Fsp3) is 0.286. The molecule has 0 aliphatic carbocycles. The predicted octanol–water partition coefficient (Wildman–Crippen LogP) is 1.97. The first-order chi connectivity index (χ1) is 13.6. The Balaban J connectivity index is 1.60. The first kappa shape index (κ1) is 16.9. The summed E-state index contributed by atoms with van der Waals surface area (Å²) >= 11 is 0. The molecule has 0 bridgehead atoms. The predicted molar refractivity (Wildman–Crippen MR) is 111 cm³/mol. The summed E-state index contributed by atoms with van der Waals surface area (Å²) in [6.45, 7) is 5.83. The van der Waals surface area contributed by atoms with Crippen LogP contribution in [0.2, 0.25) is 0 Å². The molecule has 0 unspecified atom stereocenters. The number of pyridine rings is 1. The van der Waals surface area contributed by atoms with Gasteiger partial charge in [-0.1, -0.05) is 0 Å². The zero-order chi connectivity index (χ0) is 19.3. The van der Waals surface area contributed by atoms with Crippen molar-refractivity contribution in [2.45, 2.75) is 6.92 Å². The maximum atomic E-state index is 12.8. The topological polar surface area (TPSA) is 67.5 Å². The average molecular weight is 374 g/mol. The standard InChI is InChI=1S/C21H22N6O/c1-14-9-15(10-16-12-25(2)24-21(14)16)18-11-20(28)27-13-17(3-4-19(27)23-18)26-7-5-22-6-8-26/h3-4,9-13,22H,5-8H2,1-2H3. The highest BCUT2D eigenvalue weighted by Gasteiger charge is 2.13. The van der Waals surface area contributed by atoms with E-state index in [1.54, 1.807) is 10.5 Å². The summed E-state index contributed by atoms with van der Waals surface area (Å²) in [6, 6.07) is 9.68. The van der Waals surface area contributed by atoms with Gasteiger partial charge in [0.1, 0.15) is 5.65 Å². The molecule has 0 spiro atoms. The third kappa shape index (κ3) is 2.84. The van der Waals surface area contributed by atoms with Gasteiger partial charge < -0.3 is 10.2 Å². The van der Waals surface area contributed by atoms with Crippen LogP contribution in [0.15, 0.2) is 47.5 Å². The average Bonchev–Trinajstić information content (AvgIpc) is 3.09. The molecule has 1 N–H and O–H groups in total. The number of anilines is 1. The van der Waals surface area contributed by atoms with Crippen LogP contribution in [0.4, 0.5) is 5.69 Å². The second kappa shape index (κ2) is 6.45. The van der Waals surface area contributed by atoms with Crippen LogP contribution in [0.25, 0.3) is 27.8 Å². The molecule has 1 aliphatic heterocycles. The van der Waals surface area contributed by atoms with E-state index in [4.69, 9.17) is 4.98 Å². The molecular formula is C21H22N6O. The Morgan fingerprint density at radius 1 is 1.07 bits per heavy atom. The highest BCUT2D eigenvalue weighted by Crippen LogP contribution is 2.25. The van der Waals surface area contributed by atoms with Crippen molar-refractivity contribution < 1.29 is 0 Å². The van der Waals surface area contributed by atoms with E-state index in [-0.39, 0.29) is 5.56 Å². The molecule has 142 valence electrons. The second-order valence-electron chi connectivity index (χ2n) is 7.37. The van der Waals surface area contributed by atoms with Gasteiger partial charge in [0, 0.05) is 62.6 Å². The van der Waals surface area contributed by atoms with Crippen LogP contribution in [-0.2, 0) is 7.05 Å². The van der Waals surface area contributed by atoms with Crippen LogP contribution in [0.3, 0.4) is 0 Å². The number of aryl methyl sites for hydroxylation is 2. The first-order valence-electron chi connectivity index (χ1n) is 9.52. The number of piperazine rings is 1. The maximum Gasteiger partial charge on any atom is 0.258 e. The van der Waals surface area contributed by atoms with E-state index in [2.05, 4.69) is 15.3 Å². The van der Waals surface area contributed by atoms with E-state index in [9.17, 15) is 4.79 Å². The van der Waals surface area contributed by atoms with Crippen molar-refractivity contribution in [1.29, 1.82) is 0 Å². The third-order valence-corrected chi connectivity index (χ3v) is 5.34. The number of rotatable bonds is 2. The molecule has 7 nitrogen and oxygen atoms in total. The minimum Gasteiger partial charge on any atom is -0.368 e. The van der Waals surface area contributed by atoms with Crippen molar-refractivity contribution in [1.82, 2.24) is 24.5 Å². The molecule has 7 heteroatoms. The van der Waals surface area contributed by atoms with E-state index >= 15 is 0 Å². The summed E-state index contributed by atoms with van der Waals surface area (Å²) in [4.78, 5) is 19.9. The highest BCUT2D eigenvalue weighted by molar-refractivity contribution is 5.86. The van der Waals surface area contributed by atoms with Crippen LogP contribution in [0.1, 0.15) is 5.56 Å². The molecule has 0 saturated carbocycles. The van der Waals surface area contributed by atoms with Gasteiger partial charge in [0.05, 0.1) is 16.9 Å². The van der Waals surface area contributed by atoms with Gasteiger partial charge in [0.15, 0.2) is 0 Å². The van der Waals surface area contributed by atoms with Gasteiger partial charge in [0.2, 0.25) is 0 Å². The monoisotopic (exact) mass is 374 g/mol. The fourth-order valence-corrected chi connectivity index (χ4v) is 3.93. The van der Waals surface area contributed by atoms with E-state index in [0.717, 1.165) is 53.9 Å². The van der Waals surface area contributed by atoms with Crippen LogP contribution < -0.4 is 15.8 Å². The molecule has 4 heterocycles. The number of hydrogen-bond acceptors (Lipinski definition) is 5. The van der Waals surface area contributed by atoms with E-state index in [1.165, 1.54) is 0 Å². The van der Waals surface area contributed by atoms with Crippen molar-refractivity contribution in [2.75, 3.05) is 31.1 Å². The minimum absolute atomic E-state index is 0.0686. The lowest BCUT2D eigenvalue weighted by Gasteiger charge is -2.29. The molecule has 1 aliphatic rings. The van der Waals surface area contributed by atoms with Gasteiger partial charge in [-0.3, -0.25) is 13.9 Å². The number of aromatic nitrogens is 4. The second-order valence-corrected chi connectivity index (χ2v) is 7.37. The Morgan fingerprint density at radius 2 is 1.89 bits per heavy atom. The molecule has 3 aromatic heterocycles. The number of hydrogen-bond donors (Lipinski definition) is 1. The number of nitrogens with zero attached hydrogens (tertiary/aromatic N) is 5. The Bertz CT molecular complexity index is 1250. The lowest BCUT2D eigenvalue weighted by molar-refractivity contribution is 0.588. The Hall–Kier alpha value is -3.19. The molecule has 1 fully saturated rings. The molecule has 0 amide bonds. The summed E-state index contributed by atoms with van der Waals surface area (Å²) in [5, 5.41) is 8.89. The number of fused-ring (bicyclic) bond motifs is 2. The molecule has 1 saturated heterocycles. The maximum absolute atomic E-state index is 12.8. The molecule has 28 heavy (non-hydrogen) atoms. The van der Waals surface area contributed by atoms with Gasteiger partial charge in [0.25, 0.3) is 5.56 Å². The summed E-state index contributed by atoms with van der Waals surface area (Å²) in [5.74, 6) is 0.